The van der Waals surface area contributed by atoms with Gasteiger partial charge in [-0.1, -0.05) is 30.3 Å². The van der Waals surface area contributed by atoms with Crippen LogP contribution in [0.5, 0.6) is 0 Å². The quantitative estimate of drug-likeness (QED) is 0.844. The molecule has 0 spiro atoms. The van der Waals surface area contributed by atoms with Gasteiger partial charge in [0.25, 0.3) is 0 Å². The number of benzene rings is 1. The van der Waals surface area contributed by atoms with Crippen LogP contribution in [0.25, 0.3) is 0 Å². The van der Waals surface area contributed by atoms with E-state index < -0.39 is 5.54 Å². The Bertz CT molecular complexity index is 951. The summed E-state index contributed by atoms with van der Waals surface area (Å²) < 4.78 is 0. The molecule has 2 N–H and O–H groups in total. The number of amides is 1. The molecule has 0 radical (unpaired) electrons. The SMILES string of the molecule is Cc1cnc(C(=O)Cc2cccc(C3(C)CC(=O)N(C)C(N)=N3)c2)c(C)c1. The van der Waals surface area contributed by atoms with Crippen molar-refractivity contribution in [3.63, 3.8) is 0 Å². The molecule has 0 saturated heterocycles. The van der Waals surface area contributed by atoms with E-state index in [1.807, 2.05) is 51.1 Å². The van der Waals surface area contributed by atoms with Crippen LogP contribution in [-0.4, -0.2) is 34.6 Å². The molecule has 2 heterocycles. The number of hydrogen-bond donors (Lipinski definition) is 1. The molecule has 0 fully saturated rings. The zero-order chi connectivity index (χ0) is 19.8. The van der Waals surface area contributed by atoms with Gasteiger partial charge in [-0.15, -0.1) is 0 Å². The first-order chi connectivity index (χ1) is 12.7. The van der Waals surface area contributed by atoms with Gasteiger partial charge in [0.05, 0.1) is 12.0 Å². The number of nitrogens with two attached hydrogens (primary N) is 1. The van der Waals surface area contributed by atoms with Gasteiger partial charge in [-0.05, 0) is 43.0 Å². The smallest absolute Gasteiger partial charge is 0.231 e. The van der Waals surface area contributed by atoms with Crippen molar-refractivity contribution in [1.29, 1.82) is 0 Å². The Labute approximate surface area is 159 Å². The van der Waals surface area contributed by atoms with E-state index in [4.69, 9.17) is 5.73 Å². The summed E-state index contributed by atoms with van der Waals surface area (Å²) in [6.45, 7) is 5.73. The highest BCUT2D eigenvalue weighted by Gasteiger charge is 2.36. The molecule has 0 bridgehead atoms. The van der Waals surface area contributed by atoms with Gasteiger partial charge in [0, 0.05) is 19.7 Å². The molecule has 1 aromatic carbocycles. The van der Waals surface area contributed by atoms with Crippen molar-refractivity contribution >= 4 is 17.6 Å². The van der Waals surface area contributed by atoms with Crippen molar-refractivity contribution in [3.05, 3.63) is 64.5 Å². The highest BCUT2D eigenvalue weighted by atomic mass is 16.2. The van der Waals surface area contributed by atoms with Crippen LogP contribution in [-0.2, 0) is 16.8 Å². The first-order valence-electron chi connectivity index (χ1n) is 8.87. The molecule has 0 saturated carbocycles. The Hall–Kier alpha value is -3.02. The molecular formula is C21H24N4O2. The molecule has 1 aliphatic rings. The summed E-state index contributed by atoms with van der Waals surface area (Å²) in [5, 5.41) is 0. The van der Waals surface area contributed by atoms with Crippen molar-refractivity contribution in [2.45, 2.75) is 39.2 Å². The fourth-order valence-corrected chi connectivity index (χ4v) is 3.37. The Morgan fingerprint density at radius 2 is 2.04 bits per heavy atom. The number of pyridine rings is 1. The van der Waals surface area contributed by atoms with Crippen LogP contribution in [0.3, 0.4) is 0 Å². The lowest BCUT2D eigenvalue weighted by atomic mass is 9.86. The van der Waals surface area contributed by atoms with E-state index in [0.717, 1.165) is 22.3 Å². The van der Waals surface area contributed by atoms with Gasteiger partial charge in [0.15, 0.2) is 11.7 Å². The summed E-state index contributed by atoms with van der Waals surface area (Å²) in [6, 6.07) is 9.58. The fourth-order valence-electron chi connectivity index (χ4n) is 3.37. The minimum atomic E-state index is -0.731. The van der Waals surface area contributed by atoms with Gasteiger partial charge < -0.3 is 5.73 Å². The lowest BCUT2D eigenvalue weighted by Crippen LogP contribution is -2.47. The number of rotatable bonds is 4. The van der Waals surface area contributed by atoms with Crippen molar-refractivity contribution < 1.29 is 9.59 Å². The summed E-state index contributed by atoms with van der Waals surface area (Å²) in [4.78, 5) is 35.1. The average Bonchev–Trinajstić information content (AvgIpc) is 2.59. The maximum atomic E-state index is 12.7. The minimum absolute atomic E-state index is 0.0303. The number of carbonyl (C=O) groups is 2. The Kier molecular flexibility index (Phi) is 4.83. The third-order valence-electron chi connectivity index (χ3n) is 4.97. The average molecular weight is 364 g/mol. The molecule has 1 unspecified atom stereocenters. The van der Waals surface area contributed by atoms with E-state index in [9.17, 15) is 9.59 Å². The van der Waals surface area contributed by atoms with E-state index >= 15 is 0 Å². The summed E-state index contributed by atoms with van der Waals surface area (Å²) in [7, 11) is 1.62. The number of guanidine groups is 1. The van der Waals surface area contributed by atoms with Gasteiger partial charge in [0.2, 0.25) is 5.91 Å². The van der Waals surface area contributed by atoms with Gasteiger partial charge >= 0.3 is 0 Å². The van der Waals surface area contributed by atoms with Crippen LogP contribution in [0.1, 0.15) is 46.1 Å². The summed E-state index contributed by atoms with van der Waals surface area (Å²) in [5.41, 5.74) is 9.29. The Morgan fingerprint density at radius 1 is 1.30 bits per heavy atom. The normalized spacial score (nSPS) is 19.8. The predicted octanol–water partition coefficient (Wildman–Crippen LogP) is 2.52. The molecule has 1 aromatic heterocycles. The van der Waals surface area contributed by atoms with E-state index in [1.54, 1.807) is 13.2 Å². The van der Waals surface area contributed by atoms with Crippen molar-refractivity contribution in [2.24, 2.45) is 10.7 Å². The van der Waals surface area contributed by atoms with Crippen molar-refractivity contribution in [3.8, 4) is 0 Å². The van der Waals surface area contributed by atoms with Gasteiger partial charge in [-0.25, -0.2) is 4.99 Å². The molecule has 2 aromatic rings. The number of Topliss-reactive ketones (excluding diaryl/α,β-unsaturated/α-hetero) is 1. The standard InChI is InChI=1S/C21H24N4O2/c1-13-8-14(2)19(23-12-13)17(26)10-15-6-5-7-16(9-15)21(3)11-18(27)25(4)20(22)24-21/h5-9,12H,10-11H2,1-4H3,(H2,22,24). The highest BCUT2D eigenvalue weighted by molar-refractivity contribution is 5.99. The van der Waals surface area contributed by atoms with E-state index in [2.05, 4.69) is 9.98 Å². The van der Waals surface area contributed by atoms with Crippen LogP contribution < -0.4 is 5.73 Å². The van der Waals surface area contributed by atoms with Crippen molar-refractivity contribution in [1.82, 2.24) is 9.88 Å². The third kappa shape index (κ3) is 3.74. The molecule has 6 heteroatoms. The highest BCUT2D eigenvalue weighted by Crippen LogP contribution is 2.33. The van der Waals surface area contributed by atoms with E-state index in [1.165, 1.54) is 4.90 Å². The zero-order valence-corrected chi connectivity index (χ0v) is 16.1. The molecule has 6 nitrogen and oxygen atoms in total. The Morgan fingerprint density at radius 3 is 2.70 bits per heavy atom. The zero-order valence-electron chi connectivity index (χ0n) is 16.1. The lowest BCUT2D eigenvalue weighted by Gasteiger charge is -2.33. The molecule has 1 aliphatic heterocycles. The number of hydrogen-bond acceptors (Lipinski definition) is 5. The molecule has 0 aliphatic carbocycles. The second-order valence-electron chi connectivity index (χ2n) is 7.35. The predicted molar refractivity (Wildman–Crippen MR) is 105 cm³/mol. The number of aliphatic imine (C=N–C) groups is 1. The molecule has 27 heavy (non-hydrogen) atoms. The second-order valence-corrected chi connectivity index (χ2v) is 7.35. The lowest BCUT2D eigenvalue weighted by molar-refractivity contribution is -0.128. The van der Waals surface area contributed by atoms with Crippen LogP contribution in [0.15, 0.2) is 41.5 Å². The number of aromatic nitrogens is 1. The number of nitrogens with zero attached hydrogens (tertiary/aromatic N) is 3. The first kappa shape index (κ1) is 18.8. The topological polar surface area (TPSA) is 88.7 Å². The maximum Gasteiger partial charge on any atom is 0.231 e. The van der Waals surface area contributed by atoms with Gasteiger partial charge in [-0.2, -0.15) is 0 Å². The molecule has 3 rings (SSSR count). The van der Waals surface area contributed by atoms with Crippen molar-refractivity contribution in [2.75, 3.05) is 7.05 Å². The number of ketones is 1. The van der Waals surface area contributed by atoms with E-state index in [-0.39, 0.29) is 30.5 Å². The number of aryl methyl sites for hydroxylation is 2. The number of carbonyl (C=O) groups excluding carboxylic acids is 2. The molecule has 1 amide bonds. The Balaban J connectivity index is 1.88. The summed E-state index contributed by atoms with van der Waals surface area (Å²) in [5.74, 6) is 0.0953. The van der Waals surface area contributed by atoms with Gasteiger partial charge in [-0.3, -0.25) is 19.5 Å². The summed E-state index contributed by atoms with van der Waals surface area (Å²) >= 11 is 0. The van der Waals surface area contributed by atoms with Crippen LogP contribution in [0.2, 0.25) is 0 Å². The molecule has 1 atom stereocenters. The molecule has 140 valence electrons. The van der Waals surface area contributed by atoms with Gasteiger partial charge in [0.1, 0.15) is 5.69 Å². The monoisotopic (exact) mass is 364 g/mol. The van der Waals surface area contributed by atoms with Crippen LogP contribution in [0.4, 0.5) is 0 Å². The second kappa shape index (κ2) is 6.95. The van der Waals surface area contributed by atoms with Crippen LogP contribution >= 0.6 is 0 Å². The maximum absolute atomic E-state index is 12.7. The largest absolute Gasteiger partial charge is 0.369 e. The molecular weight excluding hydrogens is 340 g/mol. The van der Waals surface area contributed by atoms with E-state index in [0.29, 0.717) is 5.69 Å². The fraction of sp³-hybridized carbons (Fsp3) is 0.333. The third-order valence-corrected chi connectivity index (χ3v) is 4.97. The minimum Gasteiger partial charge on any atom is -0.369 e. The summed E-state index contributed by atoms with van der Waals surface area (Å²) in [6.07, 6.45) is 2.19. The first-order valence-corrected chi connectivity index (χ1v) is 8.87. The van der Waals surface area contributed by atoms with Crippen LogP contribution in [0, 0.1) is 13.8 Å².